The average Bonchev–Trinajstić information content (AvgIpc) is 2.76. The molecule has 1 saturated heterocycles. The zero-order valence-electron chi connectivity index (χ0n) is 15.2. The Kier molecular flexibility index (Phi) is 5.69. The number of hydrogen-bond acceptors (Lipinski definition) is 6. The fourth-order valence-corrected chi connectivity index (χ4v) is 5.28. The van der Waals surface area contributed by atoms with E-state index in [0.29, 0.717) is 42.7 Å². The molecule has 3 heterocycles. The van der Waals surface area contributed by atoms with Gasteiger partial charge in [-0.05, 0) is 42.5 Å². The van der Waals surface area contributed by atoms with Crippen molar-refractivity contribution in [3.63, 3.8) is 0 Å². The summed E-state index contributed by atoms with van der Waals surface area (Å²) >= 11 is 12.0. The Hall–Kier alpha value is -2.26. The first kappa shape index (κ1) is 20.0. The van der Waals surface area contributed by atoms with E-state index in [1.54, 1.807) is 12.3 Å². The molecule has 10 heteroatoms. The molecule has 4 rings (SSSR count). The van der Waals surface area contributed by atoms with Crippen molar-refractivity contribution in [3.8, 4) is 11.4 Å². The molecule has 0 radical (unpaired) electrons. The largest absolute Gasteiger partial charge is 0.352 e. The van der Waals surface area contributed by atoms with Gasteiger partial charge in [0.25, 0.3) is 0 Å². The molecule has 0 amide bonds. The monoisotopic (exact) mass is 449 g/mol. The third kappa shape index (κ3) is 4.20. The maximum atomic E-state index is 12.9. The molecule has 0 saturated carbocycles. The lowest BCUT2D eigenvalue weighted by molar-refractivity contribution is 0.383. The molecule has 1 aromatic carbocycles. The van der Waals surface area contributed by atoms with Gasteiger partial charge in [0, 0.05) is 37.4 Å². The number of sulfonamides is 1. The van der Waals surface area contributed by atoms with Crippen molar-refractivity contribution in [1.29, 1.82) is 0 Å². The van der Waals surface area contributed by atoms with Crippen LogP contribution in [0.15, 0.2) is 59.6 Å². The van der Waals surface area contributed by atoms with Crippen molar-refractivity contribution in [2.45, 2.75) is 4.90 Å². The third-order valence-electron chi connectivity index (χ3n) is 4.65. The second-order valence-electron chi connectivity index (χ2n) is 6.46. The van der Waals surface area contributed by atoms with Gasteiger partial charge in [-0.15, -0.1) is 10.2 Å². The molecular formula is C19H17Cl2N5O2S. The van der Waals surface area contributed by atoms with Crippen LogP contribution in [0.4, 0.5) is 5.82 Å². The number of benzene rings is 1. The maximum absolute atomic E-state index is 12.9. The molecule has 2 aromatic heterocycles. The van der Waals surface area contributed by atoms with Crippen molar-refractivity contribution in [2.75, 3.05) is 31.1 Å². The fourth-order valence-electron chi connectivity index (χ4n) is 3.12. The highest BCUT2D eigenvalue weighted by Gasteiger charge is 2.30. The summed E-state index contributed by atoms with van der Waals surface area (Å²) in [6.07, 6.45) is 1.71. The third-order valence-corrected chi connectivity index (χ3v) is 7.27. The standard InChI is InChI=1S/C19H17Cl2N5O2S/c20-14-4-5-15(21)18(13-14)29(27,28)26-11-9-25(10-12-26)19-7-6-17(23-24-19)16-3-1-2-8-22-16/h1-8,13H,9-12H2. The van der Waals surface area contributed by atoms with Crippen LogP contribution in [0.1, 0.15) is 0 Å². The summed E-state index contributed by atoms with van der Waals surface area (Å²) in [5.74, 6) is 0.697. The first-order chi connectivity index (χ1) is 13.9. The number of hydrogen-bond donors (Lipinski definition) is 0. The zero-order valence-corrected chi connectivity index (χ0v) is 17.6. The Morgan fingerprint density at radius 1 is 0.862 bits per heavy atom. The predicted molar refractivity (Wildman–Crippen MR) is 113 cm³/mol. The molecule has 29 heavy (non-hydrogen) atoms. The van der Waals surface area contributed by atoms with Crippen molar-refractivity contribution < 1.29 is 8.42 Å². The first-order valence-electron chi connectivity index (χ1n) is 8.90. The molecule has 0 atom stereocenters. The second kappa shape index (κ2) is 8.23. The molecule has 1 aliphatic heterocycles. The van der Waals surface area contributed by atoms with Crippen LogP contribution in [0.25, 0.3) is 11.4 Å². The van der Waals surface area contributed by atoms with E-state index in [-0.39, 0.29) is 9.92 Å². The number of aromatic nitrogens is 3. The lowest BCUT2D eigenvalue weighted by Crippen LogP contribution is -2.49. The van der Waals surface area contributed by atoms with E-state index in [1.165, 1.54) is 16.4 Å². The number of nitrogens with zero attached hydrogens (tertiary/aromatic N) is 5. The van der Waals surface area contributed by atoms with Gasteiger partial charge in [0.15, 0.2) is 5.82 Å². The molecule has 1 aliphatic rings. The van der Waals surface area contributed by atoms with Gasteiger partial charge in [0.05, 0.1) is 10.7 Å². The van der Waals surface area contributed by atoms with Crippen LogP contribution in [0.5, 0.6) is 0 Å². The Bertz CT molecular complexity index is 1100. The lowest BCUT2D eigenvalue weighted by Gasteiger charge is -2.34. The van der Waals surface area contributed by atoms with Crippen molar-refractivity contribution in [3.05, 3.63) is 64.8 Å². The van der Waals surface area contributed by atoms with Gasteiger partial charge in [-0.3, -0.25) is 4.98 Å². The quantitative estimate of drug-likeness (QED) is 0.607. The van der Waals surface area contributed by atoms with Crippen LogP contribution >= 0.6 is 23.2 Å². The van der Waals surface area contributed by atoms with E-state index in [4.69, 9.17) is 23.2 Å². The molecule has 0 bridgehead atoms. The highest BCUT2D eigenvalue weighted by molar-refractivity contribution is 7.89. The molecule has 0 spiro atoms. The van der Waals surface area contributed by atoms with E-state index in [9.17, 15) is 8.42 Å². The van der Waals surface area contributed by atoms with Crippen LogP contribution in [-0.4, -0.2) is 54.1 Å². The summed E-state index contributed by atoms with van der Waals surface area (Å²) in [7, 11) is -3.72. The van der Waals surface area contributed by atoms with Gasteiger partial charge in [0.2, 0.25) is 10.0 Å². The minimum Gasteiger partial charge on any atom is -0.352 e. The smallest absolute Gasteiger partial charge is 0.244 e. The molecule has 3 aromatic rings. The predicted octanol–water partition coefficient (Wildman–Crippen LogP) is 3.36. The number of rotatable bonds is 4. The van der Waals surface area contributed by atoms with Crippen LogP contribution < -0.4 is 4.90 Å². The van der Waals surface area contributed by atoms with E-state index in [1.807, 2.05) is 35.2 Å². The number of anilines is 1. The highest BCUT2D eigenvalue weighted by atomic mass is 35.5. The first-order valence-corrected chi connectivity index (χ1v) is 11.1. The summed E-state index contributed by atoms with van der Waals surface area (Å²) in [6, 6.07) is 13.8. The Labute approximate surface area is 179 Å². The molecule has 0 aliphatic carbocycles. The molecule has 150 valence electrons. The molecule has 0 unspecified atom stereocenters. The average molecular weight is 450 g/mol. The number of piperazine rings is 1. The van der Waals surface area contributed by atoms with Gasteiger partial charge in [-0.25, -0.2) is 8.42 Å². The van der Waals surface area contributed by atoms with Gasteiger partial charge in [0.1, 0.15) is 10.6 Å². The Morgan fingerprint density at radius 2 is 1.66 bits per heavy atom. The van der Waals surface area contributed by atoms with E-state index in [0.717, 1.165) is 5.69 Å². The minimum atomic E-state index is -3.72. The van der Waals surface area contributed by atoms with Gasteiger partial charge in [-0.1, -0.05) is 29.3 Å². The van der Waals surface area contributed by atoms with E-state index < -0.39 is 10.0 Å². The summed E-state index contributed by atoms with van der Waals surface area (Å²) in [5.41, 5.74) is 1.44. The van der Waals surface area contributed by atoms with Gasteiger partial charge < -0.3 is 4.90 Å². The van der Waals surface area contributed by atoms with Gasteiger partial charge in [-0.2, -0.15) is 4.31 Å². The molecular weight excluding hydrogens is 433 g/mol. The number of halogens is 2. The van der Waals surface area contributed by atoms with Crippen molar-refractivity contribution in [1.82, 2.24) is 19.5 Å². The van der Waals surface area contributed by atoms with Crippen molar-refractivity contribution >= 4 is 39.0 Å². The van der Waals surface area contributed by atoms with Crippen LogP contribution in [0, 0.1) is 0 Å². The van der Waals surface area contributed by atoms with E-state index in [2.05, 4.69) is 15.2 Å². The topological polar surface area (TPSA) is 79.3 Å². The summed E-state index contributed by atoms with van der Waals surface area (Å²) in [4.78, 5) is 6.29. The van der Waals surface area contributed by atoms with Crippen molar-refractivity contribution in [2.24, 2.45) is 0 Å². The van der Waals surface area contributed by atoms with E-state index >= 15 is 0 Å². The lowest BCUT2D eigenvalue weighted by atomic mass is 10.2. The van der Waals surface area contributed by atoms with Crippen LogP contribution in [0.3, 0.4) is 0 Å². The maximum Gasteiger partial charge on any atom is 0.244 e. The zero-order chi connectivity index (χ0) is 20.4. The number of pyridine rings is 1. The Balaban J connectivity index is 1.46. The SMILES string of the molecule is O=S(=O)(c1cc(Cl)ccc1Cl)N1CCN(c2ccc(-c3ccccn3)nn2)CC1. The second-order valence-corrected chi connectivity index (χ2v) is 9.21. The summed E-state index contributed by atoms with van der Waals surface area (Å²) in [6.45, 7) is 1.62. The van der Waals surface area contributed by atoms with Crippen LogP contribution in [-0.2, 0) is 10.0 Å². The summed E-state index contributed by atoms with van der Waals surface area (Å²) < 4.78 is 27.3. The molecule has 1 fully saturated rings. The Morgan fingerprint density at radius 3 is 2.31 bits per heavy atom. The minimum absolute atomic E-state index is 0.0274. The molecule has 0 N–H and O–H groups in total. The summed E-state index contributed by atoms with van der Waals surface area (Å²) in [5, 5.41) is 9.01. The van der Waals surface area contributed by atoms with Crippen LogP contribution in [0.2, 0.25) is 10.0 Å². The normalized spacial score (nSPS) is 15.4. The highest BCUT2D eigenvalue weighted by Crippen LogP contribution is 2.28. The molecule has 7 nitrogen and oxygen atoms in total. The van der Waals surface area contributed by atoms with Gasteiger partial charge >= 0.3 is 0 Å². The fraction of sp³-hybridized carbons (Fsp3) is 0.211.